The Bertz CT molecular complexity index is 502. The Kier molecular flexibility index (Phi) is 6.04. The minimum atomic E-state index is -0.902. The minimum absolute atomic E-state index is 0.271. The first-order chi connectivity index (χ1) is 9.13. The third kappa shape index (κ3) is 4.08. The summed E-state index contributed by atoms with van der Waals surface area (Å²) in [6.07, 6.45) is 0. The maximum atomic E-state index is 12.3. The van der Waals surface area contributed by atoms with Gasteiger partial charge in [0.05, 0.1) is 6.07 Å². The van der Waals surface area contributed by atoms with E-state index in [0.717, 1.165) is 0 Å². The Labute approximate surface area is 118 Å². The highest BCUT2D eigenvalue weighted by Crippen LogP contribution is 2.14. The predicted octanol–water partition coefficient (Wildman–Crippen LogP) is 2.69. The number of carbonyl (C=O) groups excluding carboxylic acids is 1. The molecule has 0 amide bonds. The molecule has 0 aliphatic carbocycles. The molecule has 0 fully saturated rings. The third-order valence-corrected chi connectivity index (χ3v) is 2.73. The van der Waals surface area contributed by atoms with Gasteiger partial charge in [-0.15, -0.1) is 0 Å². The summed E-state index contributed by atoms with van der Waals surface area (Å²) in [6.45, 7) is 4.89. The Hall–Kier alpha value is -1.86. The predicted molar refractivity (Wildman–Crippen MR) is 76.5 cm³/mol. The van der Waals surface area contributed by atoms with Crippen molar-refractivity contribution in [2.45, 2.75) is 13.8 Å². The first-order valence-corrected chi connectivity index (χ1v) is 6.49. The van der Waals surface area contributed by atoms with Crippen molar-refractivity contribution in [2.24, 2.45) is 10.9 Å². The van der Waals surface area contributed by atoms with Crippen molar-refractivity contribution >= 4 is 23.2 Å². The fraction of sp³-hybridized carbons (Fsp3) is 0.357. The highest BCUT2D eigenvalue weighted by Gasteiger charge is 2.24. The zero-order valence-electron chi connectivity index (χ0n) is 11.0. The highest BCUT2D eigenvalue weighted by atomic mass is 35.5. The smallest absolute Gasteiger partial charge is 0.187 e. The molecule has 19 heavy (non-hydrogen) atoms. The summed E-state index contributed by atoms with van der Waals surface area (Å²) in [5.41, 5.74) is 0.456. The molecular formula is C14H16ClN3O. The number of amidine groups is 1. The van der Waals surface area contributed by atoms with E-state index in [4.69, 9.17) is 11.6 Å². The van der Waals surface area contributed by atoms with Gasteiger partial charge < -0.3 is 5.32 Å². The van der Waals surface area contributed by atoms with Crippen molar-refractivity contribution in [3.8, 4) is 6.07 Å². The number of hydrogen-bond acceptors (Lipinski definition) is 3. The summed E-state index contributed by atoms with van der Waals surface area (Å²) >= 11 is 5.78. The average Bonchev–Trinajstić information content (AvgIpc) is 2.40. The number of Topliss-reactive ketones (excluding diaryl/α,β-unsaturated/α-hetero) is 1. The lowest BCUT2D eigenvalue weighted by molar-refractivity contribution is 0.0974. The van der Waals surface area contributed by atoms with Gasteiger partial charge in [-0.25, -0.2) is 0 Å². The molecule has 100 valence electrons. The van der Waals surface area contributed by atoms with Gasteiger partial charge in [0.1, 0.15) is 5.84 Å². The van der Waals surface area contributed by atoms with Gasteiger partial charge in [0, 0.05) is 23.7 Å². The molecule has 1 atom stereocenters. The molecule has 0 spiro atoms. The van der Waals surface area contributed by atoms with Gasteiger partial charge in [0.2, 0.25) is 0 Å². The molecule has 0 aliphatic rings. The van der Waals surface area contributed by atoms with E-state index in [1.807, 2.05) is 19.9 Å². The molecule has 0 bridgehead atoms. The van der Waals surface area contributed by atoms with Gasteiger partial charge in [-0.3, -0.25) is 9.79 Å². The number of ketones is 1. The van der Waals surface area contributed by atoms with Crippen molar-refractivity contribution in [1.29, 1.82) is 5.26 Å². The maximum absolute atomic E-state index is 12.3. The van der Waals surface area contributed by atoms with Crippen LogP contribution in [0.25, 0.3) is 0 Å². The van der Waals surface area contributed by atoms with Gasteiger partial charge in [-0.1, -0.05) is 11.6 Å². The number of nitrogens with zero attached hydrogens (tertiary/aromatic N) is 2. The van der Waals surface area contributed by atoms with Gasteiger partial charge >= 0.3 is 0 Å². The summed E-state index contributed by atoms with van der Waals surface area (Å²) in [6, 6.07) is 8.50. The molecule has 0 saturated heterocycles. The third-order valence-electron chi connectivity index (χ3n) is 2.48. The lowest BCUT2D eigenvalue weighted by Gasteiger charge is -2.13. The number of rotatable bonds is 5. The molecule has 1 N–H and O–H groups in total. The van der Waals surface area contributed by atoms with E-state index in [1.165, 1.54) is 0 Å². The van der Waals surface area contributed by atoms with Crippen LogP contribution in [0.4, 0.5) is 0 Å². The van der Waals surface area contributed by atoms with Crippen LogP contribution in [0, 0.1) is 17.2 Å². The van der Waals surface area contributed by atoms with E-state index in [-0.39, 0.29) is 5.78 Å². The molecule has 0 aliphatic heterocycles. The standard InChI is InChI=1S/C14H16ClN3O/c1-3-17-14(18-4-2)12(9-16)13(19)10-5-7-11(15)8-6-10/h5-8,12H,3-4H2,1-2H3,(H,17,18). The monoisotopic (exact) mass is 277 g/mol. The molecule has 4 nitrogen and oxygen atoms in total. The molecule has 0 saturated carbocycles. The largest absolute Gasteiger partial charge is 0.373 e. The Balaban J connectivity index is 3.02. The quantitative estimate of drug-likeness (QED) is 0.511. The second kappa shape index (κ2) is 7.55. The number of halogens is 1. The molecular weight excluding hydrogens is 262 g/mol. The number of nitriles is 1. The lowest BCUT2D eigenvalue weighted by Crippen LogP contribution is -2.35. The molecule has 1 rings (SSSR count). The number of hydrogen-bond donors (Lipinski definition) is 1. The van der Waals surface area contributed by atoms with Crippen molar-refractivity contribution < 1.29 is 4.79 Å². The molecule has 1 aromatic rings. The summed E-state index contributed by atoms with van der Waals surface area (Å²) < 4.78 is 0. The first kappa shape index (κ1) is 15.2. The molecule has 1 unspecified atom stereocenters. The molecule has 5 heteroatoms. The molecule has 0 aromatic heterocycles. The zero-order valence-corrected chi connectivity index (χ0v) is 11.7. The summed E-state index contributed by atoms with van der Waals surface area (Å²) in [5.74, 6) is -0.749. The molecule has 1 aromatic carbocycles. The number of aliphatic imine (C=N–C) groups is 1. The summed E-state index contributed by atoms with van der Waals surface area (Å²) in [4.78, 5) is 16.5. The van der Waals surface area contributed by atoms with Crippen LogP contribution in [0.2, 0.25) is 5.02 Å². The first-order valence-electron chi connectivity index (χ1n) is 6.11. The van der Waals surface area contributed by atoms with Crippen LogP contribution in [0.15, 0.2) is 29.3 Å². The van der Waals surface area contributed by atoms with Crippen molar-refractivity contribution in [1.82, 2.24) is 5.32 Å². The van der Waals surface area contributed by atoms with Crippen LogP contribution in [-0.2, 0) is 0 Å². The highest BCUT2D eigenvalue weighted by molar-refractivity contribution is 6.30. The lowest BCUT2D eigenvalue weighted by atomic mass is 9.97. The van der Waals surface area contributed by atoms with E-state index >= 15 is 0 Å². The van der Waals surface area contributed by atoms with E-state index in [2.05, 4.69) is 10.3 Å². The van der Waals surface area contributed by atoms with E-state index in [0.29, 0.717) is 29.5 Å². The van der Waals surface area contributed by atoms with Crippen molar-refractivity contribution in [3.63, 3.8) is 0 Å². The van der Waals surface area contributed by atoms with Crippen LogP contribution in [-0.4, -0.2) is 24.7 Å². The van der Waals surface area contributed by atoms with Crippen LogP contribution < -0.4 is 5.32 Å². The molecule has 0 heterocycles. The van der Waals surface area contributed by atoms with Gasteiger partial charge in [0.15, 0.2) is 11.7 Å². The van der Waals surface area contributed by atoms with E-state index in [1.54, 1.807) is 24.3 Å². The van der Waals surface area contributed by atoms with Crippen LogP contribution in [0.1, 0.15) is 24.2 Å². The summed E-state index contributed by atoms with van der Waals surface area (Å²) in [5, 5.41) is 12.8. The summed E-state index contributed by atoms with van der Waals surface area (Å²) in [7, 11) is 0. The minimum Gasteiger partial charge on any atom is -0.373 e. The normalized spacial score (nSPS) is 12.6. The van der Waals surface area contributed by atoms with Gasteiger partial charge in [-0.05, 0) is 38.1 Å². The van der Waals surface area contributed by atoms with Crippen LogP contribution >= 0.6 is 11.6 Å². The second-order valence-corrected chi connectivity index (χ2v) is 4.26. The molecule has 0 radical (unpaired) electrons. The Morgan fingerprint density at radius 2 is 2.05 bits per heavy atom. The van der Waals surface area contributed by atoms with Crippen molar-refractivity contribution in [3.05, 3.63) is 34.9 Å². The van der Waals surface area contributed by atoms with Crippen LogP contribution in [0.5, 0.6) is 0 Å². The number of benzene rings is 1. The van der Waals surface area contributed by atoms with Gasteiger partial charge in [-0.2, -0.15) is 5.26 Å². The second-order valence-electron chi connectivity index (χ2n) is 3.82. The van der Waals surface area contributed by atoms with E-state index in [9.17, 15) is 10.1 Å². The maximum Gasteiger partial charge on any atom is 0.187 e. The van der Waals surface area contributed by atoms with Crippen LogP contribution in [0.3, 0.4) is 0 Å². The fourth-order valence-electron chi connectivity index (χ4n) is 1.63. The zero-order chi connectivity index (χ0) is 14.3. The topological polar surface area (TPSA) is 65.2 Å². The number of nitrogens with one attached hydrogen (secondary N) is 1. The van der Waals surface area contributed by atoms with E-state index < -0.39 is 5.92 Å². The SMILES string of the molecule is CCN=C(NCC)C(C#N)C(=O)c1ccc(Cl)cc1. The fourth-order valence-corrected chi connectivity index (χ4v) is 1.75. The van der Waals surface area contributed by atoms with Gasteiger partial charge in [0.25, 0.3) is 0 Å². The van der Waals surface area contributed by atoms with Crippen molar-refractivity contribution in [2.75, 3.05) is 13.1 Å². The average molecular weight is 278 g/mol. The number of carbonyl (C=O) groups is 1. The Morgan fingerprint density at radius 1 is 1.42 bits per heavy atom. The Morgan fingerprint density at radius 3 is 2.53 bits per heavy atom.